The number of halogens is 1. The number of rotatable bonds is 3. The monoisotopic (exact) mass is 488 g/mol. The molecule has 0 aromatic heterocycles. The smallest absolute Gasteiger partial charge is 0.329 e. The van der Waals surface area contributed by atoms with Crippen LogP contribution in [0.25, 0.3) is 0 Å². The van der Waals surface area contributed by atoms with E-state index in [9.17, 15) is 14.4 Å². The van der Waals surface area contributed by atoms with Crippen molar-refractivity contribution < 1.29 is 23.9 Å². The van der Waals surface area contributed by atoms with Gasteiger partial charge in [-0.1, -0.05) is 34.1 Å². The molecule has 1 aromatic carbocycles. The van der Waals surface area contributed by atoms with Crippen LogP contribution in [0.3, 0.4) is 0 Å². The second-order valence-electron chi connectivity index (χ2n) is 8.82. The second kappa shape index (κ2) is 7.51. The summed E-state index contributed by atoms with van der Waals surface area (Å²) >= 11 is 3.60. The first-order chi connectivity index (χ1) is 14.6. The van der Waals surface area contributed by atoms with Gasteiger partial charge in [0.05, 0.1) is 12.6 Å². The van der Waals surface area contributed by atoms with Gasteiger partial charge in [-0.05, 0) is 51.5 Å². The third-order valence-electron chi connectivity index (χ3n) is 5.82. The average molecular weight is 489 g/mol. The molecule has 4 rings (SSSR count). The number of ether oxygens (including phenoxy) is 2. The van der Waals surface area contributed by atoms with E-state index < -0.39 is 41.0 Å². The number of carbonyl (C=O) groups excluding carboxylic acids is 3. The number of hydrogen-bond donors (Lipinski definition) is 1. The number of amides is 1. The Morgan fingerprint density at radius 3 is 2.61 bits per heavy atom. The Morgan fingerprint density at radius 1 is 1.23 bits per heavy atom. The lowest BCUT2D eigenvalue weighted by atomic mass is 9.67. The van der Waals surface area contributed by atoms with E-state index in [1.807, 2.05) is 24.3 Å². The molecule has 3 aliphatic heterocycles. The SMILES string of the molecule is CCOC(=O)[C@@H]1[C@@H](C(=O)OC(C)(C)C)[C@]2(C(=O)Nc3ccccc32)[C@H]2C(Br)=CC=CN12. The van der Waals surface area contributed by atoms with Gasteiger partial charge in [0.1, 0.15) is 23.0 Å². The standard InChI is InChI=1S/C23H25BrN2O5/c1-5-30-20(28)17-16(19(27)31-22(2,3)4)23(18-14(24)10-8-12-26(17)18)13-9-6-7-11-15(13)25-21(23)29/h6-12,16-18H,5H2,1-4H3,(H,25,29)/t16-,17-,18+,23-/m0/s1. The Kier molecular flexibility index (Phi) is 5.24. The van der Waals surface area contributed by atoms with Crippen molar-refractivity contribution >= 4 is 39.5 Å². The number of anilines is 1. The maximum absolute atomic E-state index is 13.7. The van der Waals surface area contributed by atoms with Crippen LogP contribution in [0.5, 0.6) is 0 Å². The van der Waals surface area contributed by atoms with Gasteiger partial charge in [0.15, 0.2) is 0 Å². The maximum atomic E-state index is 13.7. The molecule has 1 saturated heterocycles. The number of para-hydroxylation sites is 1. The first-order valence-electron chi connectivity index (χ1n) is 10.2. The molecule has 1 fully saturated rings. The lowest BCUT2D eigenvalue weighted by molar-refractivity contribution is -0.168. The first-order valence-corrected chi connectivity index (χ1v) is 11.0. The molecule has 8 heteroatoms. The van der Waals surface area contributed by atoms with E-state index in [-0.39, 0.29) is 12.5 Å². The Hall–Kier alpha value is -2.61. The van der Waals surface area contributed by atoms with Crippen LogP contribution >= 0.6 is 15.9 Å². The molecule has 0 bridgehead atoms. The molecule has 31 heavy (non-hydrogen) atoms. The Labute approximate surface area is 189 Å². The number of nitrogens with one attached hydrogen (secondary N) is 1. The molecule has 7 nitrogen and oxygen atoms in total. The number of hydrogen-bond acceptors (Lipinski definition) is 6. The Morgan fingerprint density at radius 2 is 1.94 bits per heavy atom. The summed E-state index contributed by atoms with van der Waals surface area (Å²) in [6.07, 6.45) is 5.34. The van der Waals surface area contributed by atoms with Crippen molar-refractivity contribution in [3.63, 3.8) is 0 Å². The third-order valence-corrected chi connectivity index (χ3v) is 6.52. The average Bonchev–Trinajstić information content (AvgIpc) is 3.15. The van der Waals surface area contributed by atoms with Gasteiger partial charge in [-0.3, -0.25) is 9.59 Å². The van der Waals surface area contributed by atoms with E-state index in [1.165, 1.54) is 0 Å². The van der Waals surface area contributed by atoms with E-state index in [2.05, 4.69) is 21.2 Å². The normalized spacial score (nSPS) is 28.7. The minimum absolute atomic E-state index is 0.158. The minimum atomic E-state index is -1.36. The number of nitrogens with zero attached hydrogens (tertiary/aromatic N) is 1. The van der Waals surface area contributed by atoms with Gasteiger partial charge < -0.3 is 19.7 Å². The predicted molar refractivity (Wildman–Crippen MR) is 118 cm³/mol. The lowest BCUT2D eigenvalue weighted by Gasteiger charge is -2.36. The molecule has 0 radical (unpaired) electrons. The second-order valence-corrected chi connectivity index (χ2v) is 9.74. The molecule has 3 aliphatic rings. The zero-order valence-electron chi connectivity index (χ0n) is 17.8. The van der Waals surface area contributed by atoms with E-state index in [4.69, 9.17) is 9.47 Å². The van der Waals surface area contributed by atoms with Crippen LogP contribution in [-0.4, -0.2) is 47.0 Å². The minimum Gasteiger partial charge on any atom is -0.464 e. The van der Waals surface area contributed by atoms with E-state index in [0.29, 0.717) is 15.7 Å². The van der Waals surface area contributed by atoms with Crippen molar-refractivity contribution in [2.75, 3.05) is 11.9 Å². The predicted octanol–water partition coefficient (Wildman–Crippen LogP) is 3.26. The zero-order chi connectivity index (χ0) is 22.6. The highest BCUT2D eigenvalue weighted by Gasteiger charge is 2.72. The number of allylic oxidation sites excluding steroid dienone is 2. The van der Waals surface area contributed by atoms with Crippen molar-refractivity contribution in [2.45, 2.75) is 50.8 Å². The lowest BCUT2D eigenvalue weighted by Crippen LogP contribution is -2.53. The molecule has 1 spiro atoms. The maximum Gasteiger partial charge on any atom is 0.329 e. The molecular weight excluding hydrogens is 464 g/mol. The summed E-state index contributed by atoms with van der Waals surface area (Å²) in [6, 6.07) is 5.65. The van der Waals surface area contributed by atoms with Crippen molar-refractivity contribution in [3.05, 3.63) is 52.7 Å². The summed E-state index contributed by atoms with van der Waals surface area (Å²) in [6.45, 7) is 7.15. The Bertz CT molecular complexity index is 1010. The van der Waals surface area contributed by atoms with E-state index in [1.54, 1.807) is 50.9 Å². The van der Waals surface area contributed by atoms with Crippen LogP contribution in [0, 0.1) is 5.92 Å². The van der Waals surface area contributed by atoms with Gasteiger partial charge in [-0.25, -0.2) is 4.79 Å². The van der Waals surface area contributed by atoms with Crippen LogP contribution in [0.2, 0.25) is 0 Å². The Balaban J connectivity index is 1.99. The quantitative estimate of drug-likeness (QED) is 0.657. The molecule has 164 valence electrons. The summed E-state index contributed by atoms with van der Waals surface area (Å²) in [5.41, 5.74) is -0.868. The van der Waals surface area contributed by atoms with E-state index >= 15 is 0 Å². The van der Waals surface area contributed by atoms with Crippen molar-refractivity contribution in [3.8, 4) is 0 Å². The molecule has 0 saturated carbocycles. The van der Waals surface area contributed by atoms with Gasteiger partial charge >= 0.3 is 11.9 Å². The molecule has 1 aromatic rings. The van der Waals surface area contributed by atoms with Gasteiger partial charge in [-0.15, -0.1) is 0 Å². The van der Waals surface area contributed by atoms with Crippen LogP contribution in [0.15, 0.2) is 47.1 Å². The molecule has 1 N–H and O–H groups in total. The number of esters is 2. The largest absolute Gasteiger partial charge is 0.464 e. The number of benzene rings is 1. The van der Waals surface area contributed by atoms with Crippen molar-refractivity contribution in [1.29, 1.82) is 0 Å². The molecule has 1 amide bonds. The summed E-state index contributed by atoms with van der Waals surface area (Å²) < 4.78 is 11.8. The number of fused-ring (bicyclic) bond motifs is 4. The molecule has 0 unspecified atom stereocenters. The highest BCUT2D eigenvalue weighted by molar-refractivity contribution is 9.11. The van der Waals surface area contributed by atoms with Gasteiger partial charge in [0.25, 0.3) is 0 Å². The molecule has 0 aliphatic carbocycles. The van der Waals surface area contributed by atoms with Crippen molar-refractivity contribution in [1.82, 2.24) is 4.90 Å². The summed E-state index contributed by atoms with van der Waals surface area (Å²) in [5.74, 6) is -2.63. The molecule has 4 atom stereocenters. The molecule has 3 heterocycles. The third kappa shape index (κ3) is 3.19. The fourth-order valence-electron chi connectivity index (χ4n) is 4.90. The summed E-state index contributed by atoms with van der Waals surface area (Å²) in [4.78, 5) is 42.3. The zero-order valence-corrected chi connectivity index (χ0v) is 19.4. The van der Waals surface area contributed by atoms with Gasteiger partial charge in [0.2, 0.25) is 5.91 Å². The number of carbonyl (C=O) groups is 3. The van der Waals surface area contributed by atoms with Crippen LogP contribution in [-0.2, 0) is 29.3 Å². The van der Waals surface area contributed by atoms with Crippen LogP contribution in [0.4, 0.5) is 5.69 Å². The van der Waals surface area contributed by atoms with Crippen molar-refractivity contribution in [2.24, 2.45) is 5.92 Å². The topological polar surface area (TPSA) is 84.9 Å². The first kappa shape index (κ1) is 21.6. The van der Waals surface area contributed by atoms with Gasteiger partial charge in [0, 0.05) is 16.4 Å². The summed E-state index contributed by atoms with van der Waals surface area (Å²) in [7, 11) is 0. The molecular formula is C23H25BrN2O5. The highest BCUT2D eigenvalue weighted by Crippen LogP contribution is 2.57. The highest BCUT2D eigenvalue weighted by atomic mass is 79.9. The van der Waals surface area contributed by atoms with Crippen LogP contribution in [0.1, 0.15) is 33.3 Å². The fraction of sp³-hybridized carbons (Fsp3) is 0.435. The summed E-state index contributed by atoms with van der Waals surface area (Å²) in [5, 5.41) is 2.93. The van der Waals surface area contributed by atoms with Crippen LogP contribution < -0.4 is 5.32 Å². The van der Waals surface area contributed by atoms with Gasteiger partial charge in [-0.2, -0.15) is 0 Å². The fourth-order valence-corrected chi connectivity index (χ4v) is 5.65. The van der Waals surface area contributed by atoms with E-state index in [0.717, 1.165) is 0 Å².